The van der Waals surface area contributed by atoms with Crippen LogP contribution in [-0.4, -0.2) is 32.3 Å². The first kappa shape index (κ1) is 16.5. The Labute approximate surface area is 133 Å². The SMILES string of the molecule is Cc1nn(C)c2sc(C(=O)NC(C)(CC(=O)O)C(C)C)cc12. The first-order chi connectivity index (χ1) is 10.1. The van der Waals surface area contributed by atoms with Crippen molar-refractivity contribution in [1.82, 2.24) is 15.1 Å². The molecule has 2 N–H and O–H groups in total. The smallest absolute Gasteiger partial charge is 0.305 e. The van der Waals surface area contributed by atoms with Crippen LogP contribution >= 0.6 is 11.3 Å². The fourth-order valence-corrected chi connectivity index (χ4v) is 3.36. The van der Waals surface area contributed by atoms with Crippen molar-refractivity contribution >= 4 is 33.4 Å². The summed E-state index contributed by atoms with van der Waals surface area (Å²) in [4.78, 5) is 25.1. The molecule has 2 aromatic rings. The van der Waals surface area contributed by atoms with Crippen LogP contribution in [0.2, 0.25) is 0 Å². The van der Waals surface area contributed by atoms with Crippen LogP contribution in [0.4, 0.5) is 0 Å². The normalized spacial score (nSPS) is 14.3. The number of hydrogen-bond acceptors (Lipinski definition) is 4. The van der Waals surface area contributed by atoms with Gasteiger partial charge in [0.2, 0.25) is 0 Å². The number of thiophene rings is 1. The summed E-state index contributed by atoms with van der Waals surface area (Å²) in [6, 6.07) is 1.82. The van der Waals surface area contributed by atoms with E-state index >= 15 is 0 Å². The lowest BCUT2D eigenvalue weighted by Gasteiger charge is -2.33. The van der Waals surface area contributed by atoms with Gasteiger partial charge in [0.25, 0.3) is 5.91 Å². The zero-order valence-electron chi connectivity index (χ0n) is 13.4. The fraction of sp³-hybridized carbons (Fsp3) is 0.533. The van der Waals surface area contributed by atoms with Gasteiger partial charge in [-0.2, -0.15) is 5.10 Å². The molecule has 0 fully saturated rings. The second-order valence-corrected chi connectivity index (χ2v) is 7.17. The van der Waals surface area contributed by atoms with Crippen LogP contribution < -0.4 is 5.32 Å². The molecule has 0 spiro atoms. The zero-order chi connectivity index (χ0) is 16.7. The summed E-state index contributed by atoms with van der Waals surface area (Å²) >= 11 is 1.37. The Bertz CT molecular complexity index is 697. The van der Waals surface area contributed by atoms with E-state index in [9.17, 15) is 9.59 Å². The average Bonchev–Trinajstić information content (AvgIpc) is 2.91. The number of carboxylic acid groups (broad SMARTS) is 1. The minimum atomic E-state index is -0.923. The van der Waals surface area contributed by atoms with Crippen LogP contribution in [0.3, 0.4) is 0 Å². The molecule has 7 heteroatoms. The van der Waals surface area contributed by atoms with E-state index in [1.54, 1.807) is 11.6 Å². The van der Waals surface area contributed by atoms with E-state index in [2.05, 4.69) is 10.4 Å². The molecule has 0 aliphatic heterocycles. The van der Waals surface area contributed by atoms with Crippen molar-refractivity contribution in [2.24, 2.45) is 13.0 Å². The summed E-state index contributed by atoms with van der Waals surface area (Å²) in [5.41, 5.74) is 0.0943. The minimum absolute atomic E-state index is 0.00494. The predicted octanol–water partition coefficient (Wildman–Crippen LogP) is 2.56. The molecule has 1 unspecified atom stereocenters. The highest BCUT2D eigenvalue weighted by Crippen LogP contribution is 2.29. The van der Waals surface area contributed by atoms with Crippen molar-refractivity contribution in [2.45, 2.75) is 39.7 Å². The van der Waals surface area contributed by atoms with Gasteiger partial charge in [0.1, 0.15) is 4.83 Å². The molecule has 0 saturated carbocycles. The number of nitrogens with one attached hydrogen (secondary N) is 1. The first-order valence-corrected chi connectivity index (χ1v) is 7.93. The van der Waals surface area contributed by atoms with E-state index in [4.69, 9.17) is 5.11 Å². The third kappa shape index (κ3) is 2.99. The number of carboxylic acids is 1. The van der Waals surface area contributed by atoms with E-state index in [1.807, 2.05) is 33.9 Å². The van der Waals surface area contributed by atoms with E-state index in [1.165, 1.54) is 11.3 Å². The molecule has 22 heavy (non-hydrogen) atoms. The van der Waals surface area contributed by atoms with Gasteiger partial charge in [-0.25, -0.2) is 0 Å². The molecule has 0 radical (unpaired) electrons. The van der Waals surface area contributed by atoms with Crippen LogP contribution in [0.1, 0.15) is 42.6 Å². The Kier molecular flexibility index (Phi) is 4.28. The molecule has 0 saturated heterocycles. The number of carbonyl (C=O) groups excluding carboxylic acids is 1. The minimum Gasteiger partial charge on any atom is -0.481 e. The van der Waals surface area contributed by atoms with Crippen LogP contribution in [0, 0.1) is 12.8 Å². The van der Waals surface area contributed by atoms with Crippen molar-refractivity contribution in [3.8, 4) is 0 Å². The van der Waals surface area contributed by atoms with Gasteiger partial charge in [-0.3, -0.25) is 14.3 Å². The molecule has 2 heterocycles. The molecule has 1 amide bonds. The molecule has 120 valence electrons. The van der Waals surface area contributed by atoms with Crippen molar-refractivity contribution in [2.75, 3.05) is 0 Å². The van der Waals surface area contributed by atoms with Gasteiger partial charge < -0.3 is 10.4 Å². The zero-order valence-corrected chi connectivity index (χ0v) is 14.2. The molecule has 2 aromatic heterocycles. The van der Waals surface area contributed by atoms with E-state index < -0.39 is 11.5 Å². The Hall–Kier alpha value is -1.89. The maximum Gasteiger partial charge on any atom is 0.305 e. The predicted molar refractivity (Wildman–Crippen MR) is 86.3 cm³/mol. The number of rotatable bonds is 5. The van der Waals surface area contributed by atoms with Crippen LogP contribution in [0.25, 0.3) is 10.2 Å². The monoisotopic (exact) mass is 323 g/mol. The lowest BCUT2D eigenvalue weighted by atomic mass is 9.85. The molecule has 1 atom stereocenters. The molecule has 0 bridgehead atoms. The lowest BCUT2D eigenvalue weighted by Crippen LogP contribution is -2.51. The highest BCUT2D eigenvalue weighted by molar-refractivity contribution is 7.20. The summed E-state index contributed by atoms with van der Waals surface area (Å²) in [6.07, 6.45) is -0.109. The maximum absolute atomic E-state index is 12.5. The number of fused-ring (bicyclic) bond motifs is 1. The summed E-state index contributed by atoms with van der Waals surface area (Å²) in [5, 5.41) is 17.2. The molecule has 0 aromatic carbocycles. The largest absolute Gasteiger partial charge is 0.481 e. The second-order valence-electron chi connectivity index (χ2n) is 6.14. The number of amides is 1. The average molecular weight is 323 g/mol. The molecule has 2 rings (SSSR count). The summed E-state index contributed by atoms with van der Waals surface area (Å²) in [7, 11) is 1.84. The van der Waals surface area contributed by atoms with Gasteiger partial charge in [0, 0.05) is 12.4 Å². The fourth-order valence-electron chi connectivity index (χ4n) is 2.34. The molecular weight excluding hydrogens is 302 g/mol. The van der Waals surface area contributed by atoms with E-state index in [-0.39, 0.29) is 18.2 Å². The van der Waals surface area contributed by atoms with Crippen molar-refractivity contribution in [3.63, 3.8) is 0 Å². The Morgan fingerprint density at radius 3 is 2.64 bits per heavy atom. The number of nitrogens with zero attached hydrogens (tertiary/aromatic N) is 2. The number of aryl methyl sites for hydroxylation is 2. The van der Waals surface area contributed by atoms with Gasteiger partial charge in [-0.05, 0) is 25.8 Å². The van der Waals surface area contributed by atoms with Crippen molar-refractivity contribution < 1.29 is 14.7 Å². The number of hydrogen-bond donors (Lipinski definition) is 2. The second kappa shape index (κ2) is 5.72. The highest BCUT2D eigenvalue weighted by atomic mass is 32.1. The van der Waals surface area contributed by atoms with Gasteiger partial charge >= 0.3 is 5.97 Å². The highest BCUT2D eigenvalue weighted by Gasteiger charge is 2.33. The molecule has 0 aliphatic rings. The van der Waals surface area contributed by atoms with E-state index in [0.29, 0.717) is 4.88 Å². The topological polar surface area (TPSA) is 84.2 Å². The number of carbonyl (C=O) groups is 2. The standard InChI is InChI=1S/C15H21N3O3S/c1-8(2)15(4,7-12(19)20)16-13(21)11-6-10-9(3)17-18(5)14(10)22-11/h6,8H,7H2,1-5H3,(H,16,21)(H,19,20). The van der Waals surface area contributed by atoms with Crippen molar-refractivity contribution in [3.05, 3.63) is 16.6 Å². The Morgan fingerprint density at radius 2 is 2.14 bits per heavy atom. The summed E-state index contributed by atoms with van der Waals surface area (Å²) in [5.74, 6) is -1.16. The van der Waals surface area contributed by atoms with Crippen LogP contribution in [0.5, 0.6) is 0 Å². The summed E-state index contributed by atoms with van der Waals surface area (Å²) in [6.45, 7) is 7.48. The molecule has 0 aliphatic carbocycles. The van der Waals surface area contributed by atoms with Gasteiger partial charge in [0.15, 0.2) is 0 Å². The third-order valence-electron chi connectivity index (χ3n) is 4.11. The summed E-state index contributed by atoms with van der Waals surface area (Å²) < 4.78 is 1.75. The maximum atomic E-state index is 12.5. The first-order valence-electron chi connectivity index (χ1n) is 7.11. The van der Waals surface area contributed by atoms with Gasteiger partial charge in [-0.1, -0.05) is 13.8 Å². The molecule has 6 nitrogen and oxygen atoms in total. The quantitative estimate of drug-likeness (QED) is 0.885. The Morgan fingerprint density at radius 1 is 1.50 bits per heavy atom. The molecular formula is C15H21N3O3S. The number of aromatic nitrogens is 2. The van der Waals surface area contributed by atoms with E-state index in [0.717, 1.165) is 15.9 Å². The Balaban J connectivity index is 2.29. The van der Waals surface area contributed by atoms with Crippen LogP contribution in [0.15, 0.2) is 6.07 Å². The van der Waals surface area contributed by atoms with Gasteiger partial charge in [-0.15, -0.1) is 11.3 Å². The number of aliphatic carboxylic acids is 1. The third-order valence-corrected chi connectivity index (χ3v) is 5.31. The van der Waals surface area contributed by atoms with Crippen molar-refractivity contribution in [1.29, 1.82) is 0 Å². The lowest BCUT2D eigenvalue weighted by molar-refractivity contribution is -0.138. The van der Waals surface area contributed by atoms with Gasteiger partial charge in [0.05, 0.1) is 22.5 Å². The van der Waals surface area contributed by atoms with Crippen LogP contribution in [-0.2, 0) is 11.8 Å².